The van der Waals surface area contributed by atoms with Crippen LogP contribution in [-0.4, -0.2) is 10.8 Å². The fourth-order valence-corrected chi connectivity index (χ4v) is 4.84. The number of hydrogen-bond acceptors (Lipinski definition) is 1. The molecular formula is C24H24F3NO. The number of likely N-dealkylation sites (tertiary alicyclic amines) is 1. The Morgan fingerprint density at radius 3 is 2.34 bits per heavy atom. The number of hydrogen-bond donors (Lipinski definition) is 0. The van der Waals surface area contributed by atoms with Crippen molar-refractivity contribution < 1.29 is 18.0 Å². The second-order valence-electron chi connectivity index (χ2n) is 7.95. The van der Waals surface area contributed by atoms with E-state index >= 15 is 0 Å². The van der Waals surface area contributed by atoms with Crippen LogP contribution in [0.15, 0.2) is 66.7 Å². The van der Waals surface area contributed by atoms with Crippen molar-refractivity contribution in [2.45, 2.75) is 38.5 Å². The minimum absolute atomic E-state index is 0.0124. The number of rotatable bonds is 4. The predicted octanol–water partition coefficient (Wildman–Crippen LogP) is 6.01. The maximum atomic E-state index is 13.4. The molecule has 0 bridgehead atoms. The van der Waals surface area contributed by atoms with Gasteiger partial charge in [0.2, 0.25) is 5.91 Å². The third kappa shape index (κ3) is 3.70. The van der Waals surface area contributed by atoms with Gasteiger partial charge in [0.1, 0.15) is 0 Å². The molecule has 1 heterocycles. The van der Waals surface area contributed by atoms with Crippen molar-refractivity contribution in [3.63, 3.8) is 0 Å². The van der Waals surface area contributed by atoms with Crippen LogP contribution in [0.25, 0.3) is 0 Å². The lowest BCUT2D eigenvalue weighted by Gasteiger charge is -2.30. The topological polar surface area (TPSA) is 20.3 Å². The third-order valence-electron chi connectivity index (χ3n) is 6.29. The predicted molar refractivity (Wildman–Crippen MR) is 106 cm³/mol. The quantitative estimate of drug-likeness (QED) is 0.577. The van der Waals surface area contributed by atoms with Gasteiger partial charge < -0.3 is 4.90 Å². The Balaban J connectivity index is 1.73. The van der Waals surface area contributed by atoms with Gasteiger partial charge in [0, 0.05) is 18.4 Å². The molecule has 0 spiro atoms. The van der Waals surface area contributed by atoms with Crippen LogP contribution in [0.2, 0.25) is 0 Å². The summed E-state index contributed by atoms with van der Waals surface area (Å²) in [5.74, 6) is 0.262. The molecule has 4 rings (SSSR count). The lowest BCUT2D eigenvalue weighted by Crippen LogP contribution is -2.31. The smallest absolute Gasteiger partial charge is 0.330 e. The van der Waals surface area contributed by atoms with Crippen molar-refractivity contribution in [3.8, 4) is 0 Å². The highest BCUT2D eigenvalue weighted by Gasteiger charge is 2.50. The van der Waals surface area contributed by atoms with Gasteiger partial charge in [0.15, 0.2) is 0 Å². The van der Waals surface area contributed by atoms with E-state index in [4.69, 9.17) is 0 Å². The summed E-state index contributed by atoms with van der Waals surface area (Å²) in [5, 5.41) is 0. The highest BCUT2D eigenvalue weighted by Crippen LogP contribution is 2.50. The van der Waals surface area contributed by atoms with Gasteiger partial charge in [-0.25, -0.2) is 0 Å². The normalized spacial score (nSPS) is 26.6. The number of benzene rings is 2. The molecule has 29 heavy (non-hydrogen) atoms. The van der Waals surface area contributed by atoms with Crippen molar-refractivity contribution in [2.24, 2.45) is 17.8 Å². The van der Waals surface area contributed by atoms with Gasteiger partial charge in [-0.15, -0.1) is 0 Å². The van der Waals surface area contributed by atoms with E-state index in [1.54, 1.807) is 0 Å². The van der Waals surface area contributed by atoms with Gasteiger partial charge in [-0.3, -0.25) is 4.79 Å². The second kappa shape index (κ2) is 7.69. The summed E-state index contributed by atoms with van der Waals surface area (Å²) in [6, 6.07) is 14.8. The highest BCUT2D eigenvalue weighted by molar-refractivity contribution is 5.83. The van der Waals surface area contributed by atoms with Crippen LogP contribution >= 0.6 is 0 Å². The van der Waals surface area contributed by atoms with E-state index in [-0.39, 0.29) is 29.7 Å². The van der Waals surface area contributed by atoms with Gasteiger partial charge >= 0.3 is 6.18 Å². The standard InChI is InChI=1S/C24H24F3NO/c1-2-17-9-6-10-20-21(17)23(29)28(15-16-7-4-3-5-8-16)22(20)18-11-13-19(14-12-18)24(25,26)27/h3-8,10-14,17,20-22H,2,9,15H2,1H3/t17-,20+,21+,22+/m1/s1. The summed E-state index contributed by atoms with van der Waals surface area (Å²) >= 11 is 0. The average Bonchev–Trinajstić information content (AvgIpc) is 3.00. The molecule has 0 saturated carbocycles. The largest absolute Gasteiger partial charge is 0.416 e. The van der Waals surface area contributed by atoms with Gasteiger partial charge in [-0.1, -0.05) is 68.0 Å². The van der Waals surface area contributed by atoms with E-state index < -0.39 is 11.7 Å². The summed E-state index contributed by atoms with van der Waals surface area (Å²) in [6.45, 7) is 2.56. The van der Waals surface area contributed by atoms with Gasteiger partial charge in [-0.05, 0) is 35.6 Å². The number of halogens is 3. The zero-order valence-corrected chi connectivity index (χ0v) is 16.3. The summed E-state index contributed by atoms with van der Waals surface area (Å²) in [5.41, 5.74) is 1.12. The number of nitrogens with zero attached hydrogens (tertiary/aromatic N) is 1. The van der Waals surface area contributed by atoms with Crippen LogP contribution in [0.1, 0.15) is 42.5 Å². The fraction of sp³-hybridized carbons (Fsp3) is 0.375. The Labute approximate surface area is 169 Å². The first-order chi connectivity index (χ1) is 13.9. The van der Waals surface area contributed by atoms with Crippen molar-refractivity contribution in [3.05, 3.63) is 83.4 Å². The summed E-state index contributed by atoms with van der Waals surface area (Å²) in [4.78, 5) is 15.3. The number of amides is 1. The van der Waals surface area contributed by atoms with Crippen molar-refractivity contribution in [2.75, 3.05) is 0 Å². The molecule has 2 aromatic carbocycles. The molecule has 152 valence electrons. The first kappa shape index (κ1) is 19.7. The first-order valence-electron chi connectivity index (χ1n) is 10.1. The Bertz CT molecular complexity index is 889. The zero-order valence-electron chi connectivity index (χ0n) is 16.3. The lowest BCUT2D eigenvalue weighted by molar-refractivity contribution is -0.137. The number of fused-ring (bicyclic) bond motifs is 1. The second-order valence-corrected chi connectivity index (χ2v) is 7.95. The number of alkyl halides is 3. The Kier molecular flexibility index (Phi) is 5.24. The maximum Gasteiger partial charge on any atom is 0.416 e. The summed E-state index contributed by atoms with van der Waals surface area (Å²) in [7, 11) is 0. The Morgan fingerprint density at radius 2 is 1.72 bits per heavy atom. The SMILES string of the molecule is CC[C@@H]1CC=C[C@H]2[C@H]1C(=O)N(Cc1ccccc1)[C@H]2c1ccc(C(F)(F)F)cc1. The molecule has 0 radical (unpaired) electrons. The molecule has 1 fully saturated rings. The van der Waals surface area contributed by atoms with E-state index in [9.17, 15) is 18.0 Å². The van der Waals surface area contributed by atoms with Crippen LogP contribution in [0.3, 0.4) is 0 Å². The van der Waals surface area contributed by atoms with Crippen molar-refractivity contribution in [1.82, 2.24) is 4.90 Å². The zero-order chi connectivity index (χ0) is 20.6. The molecule has 1 aliphatic carbocycles. The Hall–Kier alpha value is -2.56. The highest BCUT2D eigenvalue weighted by atomic mass is 19.4. The molecule has 2 nitrogen and oxygen atoms in total. The van der Waals surface area contributed by atoms with Gasteiger partial charge in [0.05, 0.1) is 11.6 Å². The first-order valence-corrected chi connectivity index (χ1v) is 10.1. The minimum Gasteiger partial charge on any atom is -0.330 e. The van der Waals surface area contributed by atoms with Crippen LogP contribution in [0.4, 0.5) is 13.2 Å². The fourth-order valence-electron chi connectivity index (χ4n) is 4.84. The van der Waals surface area contributed by atoms with E-state index in [0.717, 1.165) is 36.1 Å². The molecule has 4 atom stereocenters. The molecule has 1 aliphatic heterocycles. The lowest BCUT2D eigenvalue weighted by atomic mass is 9.73. The van der Waals surface area contributed by atoms with Gasteiger partial charge in [0.25, 0.3) is 0 Å². The molecule has 2 aromatic rings. The molecule has 0 unspecified atom stereocenters. The molecule has 0 N–H and O–H groups in total. The molecule has 0 aromatic heterocycles. The molecule has 1 saturated heterocycles. The van der Waals surface area contributed by atoms with Gasteiger partial charge in [-0.2, -0.15) is 13.2 Å². The number of carbonyl (C=O) groups is 1. The molecule has 2 aliphatic rings. The number of carbonyl (C=O) groups excluding carboxylic acids is 1. The van der Waals surface area contributed by atoms with E-state index in [2.05, 4.69) is 19.1 Å². The van der Waals surface area contributed by atoms with Crippen LogP contribution in [0.5, 0.6) is 0 Å². The average molecular weight is 399 g/mol. The van der Waals surface area contributed by atoms with Crippen LogP contribution in [-0.2, 0) is 17.5 Å². The summed E-state index contributed by atoms with van der Waals surface area (Å²) < 4.78 is 39.0. The monoisotopic (exact) mass is 399 g/mol. The van der Waals surface area contributed by atoms with Crippen LogP contribution in [0, 0.1) is 17.8 Å². The molecule has 1 amide bonds. The third-order valence-corrected chi connectivity index (χ3v) is 6.29. The summed E-state index contributed by atoms with van der Waals surface area (Å²) in [6.07, 6.45) is 1.65. The Morgan fingerprint density at radius 1 is 1.03 bits per heavy atom. The minimum atomic E-state index is -4.37. The van der Waals surface area contributed by atoms with Crippen molar-refractivity contribution in [1.29, 1.82) is 0 Å². The van der Waals surface area contributed by atoms with Crippen LogP contribution < -0.4 is 0 Å². The van der Waals surface area contributed by atoms with E-state index in [1.165, 1.54) is 12.1 Å². The molecular weight excluding hydrogens is 375 g/mol. The van der Waals surface area contributed by atoms with E-state index in [1.807, 2.05) is 35.2 Å². The van der Waals surface area contributed by atoms with Crippen molar-refractivity contribution >= 4 is 5.91 Å². The number of allylic oxidation sites excluding steroid dienone is 1. The van der Waals surface area contributed by atoms with E-state index in [0.29, 0.717) is 6.54 Å². The maximum absolute atomic E-state index is 13.4. The molecule has 5 heteroatoms.